The van der Waals surface area contributed by atoms with Crippen molar-refractivity contribution in [1.82, 2.24) is 9.88 Å². The summed E-state index contributed by atoms with van der Waals surface area (Å²) in [6, 6.07) is 11.6. The molecule has 136 valence electrons. The first-order valence-corrected chi connectivity index (χ1v) is 9.26. The van der Waals surface area contributed by atoms with E-state index in [2.05, 4.69) is 41.4 Å². The lowest BCUT2D eigenvalue weighted by Crippen LogP contribution is -2.21. The van der Waals surface area contributed by atoms with Crippen molar-refractivity contribution >= 4 is 17.3 Å². The van der Waals surface area contributed by atoms with Gasteiger partial charge in [-0.25, -0.2) is 9.78 Å². The summed E-state index contributed by atoms with van der Waals surface area (Å²) < 4.78 is 10.6. The van der Waals surface area contributed by atoms with Gasteiger partial charge in [-0.05, 0) is 56.6 Å². The van der Waals surface area contributed by atoms with Crippen LogP contribution in [-0.4, -0.2) is 30.0 Å². The third kappa shape index (κ3) is 3.86. The number of esters is 1. The summed E-state index contributed by atoms with van der Waals surface area (Å²) in [7, 11) is 3.46. The van der Waals surface area contributed by atoms with Gasteiger partial charge < -0.3 is 9.15 Å². The van der Waals surface area contributed by atoms with Crippen molar-refractivity contribution < 1.29 is 13.9 Å². The van der Waals surface area contributed by atoms with Gasteiger partial charge in [0.15, 0.2) is 0 Å². The molecule has 0 saturated heterocycles. The van der Waals surface area contributed by atoms with E-state index in [1.807, 2.05) is 19.1 Å². The number of hydrogen-bond donors (Lipinski definition) is 0. The number of methoxy groups -OCH3 is 1. The van der Waals surface area contributed by atoms with E-state index in [0.717, 1.165) is 17.0 Å². The molecule has 0 aliphatic rings. The smallest absolute Gasteiger partial charge is 0.337 e. The van der Waals surface area contributed by atoms with Crippen LogP contribution in [0.1, 0.15) is 39.7 Å². The van der Waals surface area contributed by atoms with Gasteiger partial charge >= 0.3 is 5.97 Å². The molecule has 0 aliphatic heterocycles. The molecular weight excluding hydrogens is 348 g/mol. The van der Waals surface area contributed by atoms with Gasteiger partial charge in [-0.1, -0.05) is 6.07 Å². The summed E-state index contributed by atoms with van der Waals surface area (Å²) >= 11 is 1.76. The fourth-order valence-corrected chi connectivity index (χ4v) is 3.53. The van der Waals surface area contributed by atoms with E-state index in [-0.39, 0.29) is 5.97 Å². The number of aromatic nitrogens is 1. The van der Waals surface area contributed by atoms with E-state index >= 15 is 0 Å². The third-order valence-corrected chi connectivity index (χ3v) is 5.50. The summed E-state index contributed by atoms with van der Waals surface area (Å²) in [6.45, 7) is 4.82. The molecule has 0 spiro atoms. The van der Waals surface area contributed by atoms with Crippen LogP contribution in [0.15, 0.2) is 46.2 Å². The Kier molecular flexibility index (Phi) is 5.54. The summed E-state index contributed by atoms with van der Waals surface area (Å²) in [6.07, 6.45) is 0. The number of aryl methyl sites for hydroxylation is 1. The first-order chi connectivity index (χ1) is 12.5. The molecule has 0 aliphatic carbocycles. The third-order valence-electron chi connectivity index (χ3n) is 4.46. The van der Waals surface area contributed by atoms with Gasteiger partial charge in [-0.2, -0.15) is 0 Å². The molecule has 0 radical (unpaired) electrons. The van der Waals surface area contributed by atoms with Crippen molar-refractivity contribution in [3.05, 3.63) is 63.7 Å². The fraction of sp³-hybridized carbons (Fsp3) is 0.300. The molecule has 0 saturated carbocycles. The number of benzene rings is 1. The minimum atomic E-state index is -0.356. The van der Waals surface area contributed by atoms with Gasteiger partial charge in [0.2, 0.25) is 5.89 Å². The Morgan fingerprint density at radius 2 is 2.04 bits per heavy atom. The van der Waals surface area contributed by atoms with Crippen molar-refractivity contribution in [3.8, 4) is 11.5 Å². The first kappa shape index (κ1) is 18.4. The molecule has 1 unspecified atom stereocenters. The average Bonchev–Trinajstić information content (AvgIpc) is 3.31. The summed E-state index contributed by atoms with van der Waals surface area (Å²) in [5.41, 5.74) is 2.26. The Morgan fingerprint density at radius 1 is 1.31 bits per heavy atom. The lowest BCUT2D eigenvalue weighted by atomic mass is 10.1. The molecule has 0 bridgehead atoms. The number of nitrogens with zero attached hydrogens (tertiary/aromatic N) is 2. The van der Waals surface area contributed by atoms with E-state index in [1.54, 1.807) is 23.5 Å². The van der Waals surface area contributed by atoms with Gasteiger partial charge in [-0.3, -0.25) is 4.90 Å². The zero-order valence-electron chi connectivity index (χ0n) is 15.4. The number of hydrogen-bond acceptors (Lipinski definition) is 6. The van der Waals surface area contributed by atoms with E-state index < -0.39 is 0 Å². The molecule has 5 nitrogen and oxygen atoms in total. The molecule has 1 aromatic carbocycles. The molecule has 0 amide bonds. The SMILES string of the molecule is COC(=O)c1ccc(-c2nc(CN(C)C(C)c3cccs3)c(C)o2)cc1. The maximum atomic E-state index is 11.5. The van der Waals surface area contributed by atoms with Crippen LogP contribution >= 0.6 is 11.3 Å². The van der Waals surface area contributed by atoms with Crippen LogP contribution in [-0.2, 0) is 11.3 Å². The monoisotopic (exact) mass is 370 g/mol. The number of ether oxygens (including phenoxy) is 1. The van der Waals surface area contributed by atoms with Gasteiger partial charge in [-0.15, -0.1) is 11.3 Å². The van der Waals surface area contributed by atoms with Crippen molar-refractivity contribution in [2.75, 3.05) is 14.2 Å². The quantitative estimate of drug-likeness (QED) is 0.589. The summed E-state index contributed by atoms with van der Waals surface area (Å²) in [5.74, 6) is 1.01. The number of thiophene rings is 1. The lowest BCUT2D eigenvalue weighted by molar-refractivity contribution is 0.0600. The second-order valence-corrected chi connectivity index (χ2v) is 7.18. The van der Waals surface area contributed by atoms with Gasteiger partial charge in [0.05, 0.1) is 18.4 Å². The van der Waals surface area contributed by atoms with Crippen LogP contribution in [0, 0.1) is 6.92 Å². The molecule has 3 rings (SSSR count). The van der Waals surface area contributed by atoms with Crippen LogP contribution < -0.4 is 0 Å². The normalized spacial score (nSPS) is 12.3. The number of rotatable bonds is 6. The second kappa shape index (κ2) is 7.85. The predicted molar refractivity (Wildman–Crippen MR) is 102 cm³/mol. The highest BCUT2D eigenvalue weighted by Crippen LogP contribution is 2.27. The maximum Gasteiger partial charge on any atom is 0.337 e. The van der Waals surface area contributed by atoms with Gasteiger partial charge in [0.25, 0.3) is 0 Å². The predicted octanol–water partition coefficient (Wildman–Crippen LogP) is 4.69. The highest BCUT2D eigenvalue weighted by molar-refractivity contribution is 7.10. The highest BCUT2D eigenvalue weighted by Gasteiger charge is 2.18. The Morgan fingerprint density at radius 3 is 2.65 bits per heavy atom. The molecule has 6 heteroatoms. The van der Waals surface area contributed by atoms with Crippen molar-refractivity contribution in [2.45, 2.75) is 26.4 Å². The van der Waals surface area contributed by atoms with Gasteiger partial charge in [0, 0.05) is 23.0 Å². The number of carbonyl (C=O) groups is 1. The fourth-order valence-electron chi connectivity index (χ4n) is 2.68. The number of oxazole rings is 1. The molecule has 26 heavy (non-hydrogen) atoms. The molecular formula is C20H22N2O3S. The minimum absolute atomic E-state index is 0.314. The molecule has 1 atom stereocenters. The Hall–Kier alpha value is -2.44. The second-order valence-electron chi connectivity index (χ2n) is 6.20. The topological polar surface area (TPSA) is 55.6 Å². The first-order valence-electron chi connectivity index (χ1n) is 8.38. The van der Waals surface area contributed by atoms with Crippen molar-refractivity contribution in [1.29, 1.82) is 0 Å². The zero-order valence-corrected chi connectivity index (χ0v) is 16.2. The zero-order chi connectivity index (χ0) is 18.7. The van der Waals surface area contributed by atoms with Crippen LogP contribution in [0.2, 0.25) is 0 Å². The van der Waals surface area contributed by atoms with E-state index in [9.17, 15) is 4.79 Å². The molecule has 0 fully saturated rings. The van der Waals surface area contributed by atoms with E-state index in [1.165, 1.54) is 12.0 Å². The Labute approximate surface area is 157 Å². The van der Waals surface area contributed by atoms with Crippen molar-refractivity contribution in [2.24, 2.45) is 0 Å². The van der Waals surface area contributed by atoms with Crippen LogP contribution in [0.3, 0.4) is 0 Å². The van der Waals surface area contributed by atoms with Crippen LogP contribution in [0.5, 0.6) is 0 Å². The lowest BCUT2D eigenvalue weighted by Gasteiger charge is -2.22. The largest absolute Gasteiger partial charge is 0.465 e. The molecule has 0 N–H and O–H groups in total. The molecule has 2 aromatic heterocycles. The van der Waals surface area contributed by atoms with E-state index in [4.69, 9.17) is 9.15 Å². The summed E-state index contributed by atoms with van der Waals surface area (Å²) in [4.78, 5) is 19.8. The average molecular weight is 370 g/mol. The minimum Gasteiger partial charge on any atom is -0.465 e. The standard InChI is InChI=1S/C20H22N2O3S/c1-13(18-6-5-11-26-18)22(3)12-17-14(2)25-19(21-17)15-7-9-16(10-8-15)20(23)24-4/h5-11,13H,12H2,1-4H3. The van der Waals surface area contributed by atoms with Crippen LogP contribution in [0.4, 0.5) is 0 Å². The Balaban J connectivity index is 1.75. The molecule has 3 aromatic rings. The van der Waals surface area contributed by atoms with Gasteiger partial charge in [0.1, 0.15) is 5.76 Å². The summed E-state index contributed by atoms with van der Waals surface area (Å²) in [5, 5.41) is 2.09. The highest BCUT2D eigenvalue weighted by atomic mass is 32.1. The maximum absolute atomic E-state index is 11.5. The Bertz CT molecular complexity index is 869. The molecule has 2 heterocycles. The van der Waals surface area contributed by atoms with Crippen LogP contribution in [0.25, 0.3) is 11.5 Å². The number of carbonyl (C=O) groups excluding carboxylic acids is 1. The van der Waals surface area contributed by atoms with Crippen molar-refractivity contribution in [3.63, 3.8) is 0 Å². The van der Waals surface area contributed by atoms with E-state index in [0.29, 0.717) is 24.0 Å².